The SMILES string of the molecule is COc1cc2c(cc1CCNC(C)(C)C)OC(C)C2. The van der Waals surface area contributed by atoms with Crippen LogP contribution in [0, 0.1) is 0 Å². The normalized spacial score (nSPS) is 18.1. The first kappa shape index (κ1) is 14.2. The molecular formula is C16H25NO2. The molecule has 1 N–H and O–H groups in total. The van der Waals surface area contributed by atoms with E-state index in [2.05, 4.69) is 45.1 Å². The molecule has 0 bridgehead atoms. The molecule has 0 aromatic heterocycles. The van der Waals surface area contributed by atoms with Crippen molar-refractivity contribution in [2.75, 3.05) is 13.7 Å². The van der Waals surface area contributed by atoms with Gasteiger partial charge in [-0.2, -0.15) is 0 Å². The average Bonchev–Trinajstić information content (AvgIpc) is 2.65. The maximum atomic E-state index is 5.82. The first-order chi connectivity index (χ1) is 8.89. The van der Waals surface area contributed by atoms with E-state index in [1.807, 2.05) is 0 Å². The van der Waals surface area contributed by atoms with Gasteiger partial charge >= 0.3 is 0 Å². The van der Waals surface area contributed by atoms with Gasteiger partial charge in [0.15, 0.2) is 0 Å². The second kappa shape index (κ2) is 5.41. The van der Waals surface area contributed by atoms with Gasteiger partial charge in [-0.25, -0.2) is 0 Å². The van der Waals surface area contributed by atoms with Gasteiger partial charge in [-0.1, -0.05) is 0 Å². The van der Waals surface area contributed by atoms with E-state index in [0.717, 1.165) is 30.9 Å². The maximum Gasteiger partial charge on any atom is 0.123 e. The van der Waals surface area contributed by atoms with E-state index in [4.69, 9.17) is 9.47 Å². The van der Waals surface area contributed by atoms with Crippen LogP contribution >= 0.6 is 0 Å². The average molecular weight is 263 g/mol. The molecule has 0 amide bonds. The van der Waals surface area contributed by atoms with Crippen LogP contribution < -0.4 is 14.8 Å². The molecule has 1 aromatic carbocycles. The molecule has 3 nitrogen and oxygen atoms in total. The summed E-state index contributed by atoms with van der Waals surface area (Å²) in [5.74, 6) is 2.01. The summed E-state index contributed by atoms with van der Waals surface area (Å²) in [7, 11) is 1.74. The topological polar surface area (TPSA) is 30.5 Å². The number of rotatable bonds is 4. The Morgan fingerprint density at radius 3 is 2.74 bits per heavy atom. The molecule has 0 radical (unpaired) electrons. The standard InChI is InChI=1S/C16H25NO2/c1-11-8-13-10-14(18-5)12(9-15(13)19-11)6-7-17-16(2,3)4/h9-11,17H,6-8H2,1-5H3. The monoisotopic (exact) mass is 263 g/mol. The van der Waals surface area contributed by atoms with Crippen LogP contribution in [0.2, 0.25) is 0 Å². The lowest BCUT2D eigenvalue weighted by atomic mass is 10.0. The van der Waals surface area contributed by atoms with Gasteiger partial charge < -0.3 is 14.8 Å². The molecule has 0 fully saturated rings. The van der Waals surface area contributed by atoms with E-state index in [9.17, 15) is 0 Å². The Morgan fingerprint density at radius 2 is 2.11 bits per heavy atom. The lowest BCUT2D eigenvalue weighted by Crippen LogP contribution is -2.37. The van der Waals surface area contributed by atoms with Crippen LogP contribution in [-0.2, 0) is 12.8 Å². The third-order valence-electron chi connectivity index (χ3n) is 3.35. The molecule has 0 spiro atoms. The van der Waals surface area contributed by atoms with E-state index >= 15 is 0 Å². The molecule has 1 aliphatic rings. The third kappa shape index (κ3) is 3.63. The van der Waals surface area contributed by atoms with Gasteiger partial charge in [0.1, 0.15) is 17.6 Å². The number of fused-ring (bicyclic) bond motifs is 1. The fraction of sp³-hybridized carbons (Fsp3) is 0.625. The predicted molar refractivity (Wildman–Crippen MR) is 78.2 cm³/mol. The summed E-state index contributed by atoms with van der Waals surface area (Å²) < 4.78 is 11.3. The van der Waals surface area contributed by atoms with Gasteiger partial charge in [0.05, 0.1) is 7.11 Å². The second-order valence-corrected chi connectivity index (χ2v) is 6.33. The minimum atomic E-state index is 0.148. The maximum absolute atomic E-state index is 5.82. The molecule has 0 saturated heterocycles. The summed E-state index contributed by atoms with van der Waals surface area (Å²) in [5, 5.41) is 3.50. The Labute approximate surface area is 116 Å². The van der Waals surface area contributed by atoms with E-state index in [-0.39, 0.29) is 11.6 Å². The molecule has 1 aliphatic heterocycles. The molecule has 1 aromatic rings. The molecule has 0 saturated carbocycles. The van der Waals surface area contributed by atoms with Gasteiger partial charge in [0.2, 0.25) is 0 Å². The van der Waals surface area contributed by atoms with Crippen LogP contribution in [0.1, 0.15) is 38.8 Å². The fourth-order valence-electron chi connectivity index (χ4n) is 2.44. The highest BCUT2D eigenvalue weighted by atomic mass is 16.5. The molecule has 1 unspecified atom stereocenters. The lowest BCUT2D eigenvalue weighted by molar-refractivity contribution is 0.254. The van der Waals surface area contributed by atoms with Gasteiger partial charge in [0.25, 0.3) is 0 Å². The number of benzene rings is 1. The van der Waals surface area contributed by atoms with E-state index in [0.29, 0.717) is 0 Å². The Bertz CT molecular complexity index is 449. The zero-order valence-corrected chi connectivity index (χ0v) is 12.7. The lowest BCUT2D eigenvalue weighted by Gasteiger charge is -2.21. The molecular weight excluding hydrogens is 238 g/mol. The number of nitrogens with one attached hydrogen (secondary N) is 1. The van der Waals surface area contributed by atoms with Crippen LogP contribution in [0.15, 0.2) is 12.1 Å². The zero-order chi connectivity index (χ0) is 14.0. The van der Waals surface area contributed by atoms with Gasteiger partial charge in [-0.3, -0.25) is 0 Å². The first-order valence-corrected chi connectivity index (χ1v) is 7.00. The Hall–Kier alpha value is -1.22. The number of hydrogen-bond acceptors (Lipinski definition) is 3. The summed E-state index contributed by atoms with van der Waals surface area (Å²) in [4.78, 5) is 0. The Morgan fingerprint density at radius 1 is 1.37 bits per heavy atom. The minimum Gasteiger partial charge on any atom is -0.496 e. The smallest absolute Gasteiger partial charge is 0.123 e. The molecule has 2 rings (SSSR count). The van der Waals surface area contributed by atoms with Gasteiger partial charge in [0, 0.05) is 17.5 Å². The molecule has 19 heavy (non-hydrogen) atoms. The molecule has 0 aliphatic carbocycles. The summed E-state index contributed by atoms with van der Waals surface area (Å²) in [6, 6.07) is 4.27. The minimum absolute atomic E-state index is 0.148. The Kier molecular flexibility index (Phi) is 4.04. The van der Waals surface area contributed by atoms with Crippen molar-refractivity contribution in [1.82, 2.24) is 5.32 Å². The van der Waals surface area contributed by atoms with Crippen molar-refractivity contribution in [2.24, 2.45) is 0 Å². The molecule has 106 valence electrons. The third-order valence-corrected chi connectivity index (χ3v) is 3.35. The van der Waals surface area contributed by atoms with Crippen molar-refractivity contribution in [3.8, 4) is 11.5 Å². The largest absolute Gasteiger partial charge is 0.496 e. The highest BCUT2D eigenvalue weighted by Gasteiger charge is 2.21. The quantitative estimate of drug-likeness (QED) is 0.906. The van der Waals surface area contributed by atoms with Crippen LogP contribution in [0.5, 0.6) is 11.5 Å². The number of methoxy groups -OCH3 is 1. The van der Waals surface area contributed by atoms with Crippen LogP contribution in [0.4, 0.5) is 0 Å². The highest BCUT2D eigenvalue weighted by Crippen LogP contribution is 2.35. The summed E-state index contributed by atoms with van der Waals surface area (Å²) in [5.41, 5.74) is 2.62. The zero-order valence-electron chi connectivity index (χ0n) is 12.7. The fourth-order valence-corrected chi connectivity index (χ4v) is 2.44. The van der Waals surface area contributed by atoms with Crippen LogP contribution in [-0.4, -0.2) is 25.3 Å². The van der Waals surface area contributed by atoms with E-state index in [1.165, 1.54) is 11.1 Å². The van der Waals surface area contributed by atoms with Gasteiger partial charge in [-0.05, 0) is 58.4 Å². The highest BCUT2D eigenvalue weighted by molar-refractivity contribution is 5.48. The predicted octanol–water partition coefficient (Wildman–Crippen LogP) is 2.95. The van der Waals surface area contributed by atoms with Crippen molar-refractivity contribution in [2.45, 2.75) is 52.2 Å². The van der Waals surface area contributed by atoms with Crippen molar-refractivity contribution >= 4 is 0 Å². The van der Waals surface area contributed by atoms with Crippen molar-refractivity contribution in [3.63, 3.8) is 0 Å². The first-order valence-electron chi connectivity index (χ1n) is 7.00. The van der Waals surface area contributed by atoms with E-state index in [1.54, 1.807) is 7.11 Å². The molecule has 1 atom stereocenters. The molecule has 3 heteroatoms. The molecule has 1 heterocycles. The summed E-state index contributed by atoms with van der Waals surface area (Å²) >= 11 is 0. The van der Waals surface area contributed by atoms with Crippen molar-refractivity contribution < 1.29 is 9.47 Å². The summed E-state index contributed by atoms with van der Waals surface area (Å²) in [6.45, 7) is 9.58. The Balaban J connectivity index is 2.10. The van der Waals surface area contributed by atoms with E-state index < -0.39 is 0 Å². The van der Waals surface area contributed by atoms with Gasteiger partial charge in [-0.15, -0.1) is 0 Å². The van der Waals surface area contributed by atoms with Crippen molar-refractivity contribution in [1.29, 1.82) is 0 Å². The number of ether oxygens (including phenoxy) is 2. The summed E-state index contributed by atoms with van der Waals surface area (Å²) in [6.07, 6.45) is 2.21. The van der Waals surface area contributed by atoms with Crippen molar-refractivity contribution in [3.05, 3.63) is 23.3 Å². The van der Waals surface area contributed by atoms with Crippen LogP contribution in [0.3, 0.4) is 0 Å². The van der Waals surface area contributed by atoms with Crippen LogP contribution in [0.25, 0.3) is 0 Å². The second-order valence-electron chi connectivity index (χ2n) is 6.33. The number of hydrogen-bond donors (Lipinski definition) is 1.